The van der Waals surface area contributed by atoms with Gasteiger partial charge in [-0.15, -0.1) is 0 Å². The fourth-order valence-corrected chi connectivity index (χ4v) is 3.15. The highest BCUT2D eigenvalue weighted by atomic mass is 16.3. The highest BCUT2D eigenvalue weighted by Gasteiger charge is 2.62. The summed E-state index contributed by atoms with van der Waals surface area (Å²) in [5, 5.41) is 19.7. The molecule has 3 fully saturated rings. The Morgan fingerprint density at radius 1 is 1.17 bits per heavy atom. The SMILES string of the molecule is CC1(C)[C@H]2CC(O)[C@](C)(O)[C@@H]1C2. The highest BCUT2D eigenvalue weighted by Crippen LogP contribution is 2.62. The predicted molar refractivity (Wildman–Crippen MR) is 46.6 cm³/mol. The smallest absolute Gasteiger partial charge is 0.0910 e. The van der Waals surface area contributed by atoms with Crippen LogP contribution in [0.25, 0.3) is 0 Å². The highest BCUT2D eigenvalue weighted by molar-refractivity contribution is 5.12. The summed E-state index contributed by atoms with van der Waals surface area (Å²) in [5.41, 5.74) is -0.610. The fourth-order valence-electron chi connectivity index (χ4n) is 3.15. The van der Waals surface area contributed by atoms with Crippen molar-refractivity contribution in [1.82, 2.24) is 0 Å². The largest absolute Gasteiger partial charge is 0.390 e. The summed E-state index contributed by atoms with van der Waals surface area (Å²) in [5.74, 6) is 0.913. The molecule has 3 rings (SSSR count). The molecule has 2 nitrogen and oxygen atoms in total. The standard InChI is InChI=1S/C10H18O2/c1-9(2)6-4-7(9)10(3,12)8(11)5-6/h6-8,11-12H,4-5H2,1-3H3/t6-,7-,8?,10-/m1/s1. The zero-order chi connectivity index (χ0) is 9.15. The van der Waals surface area contributed by atoms with Crippen molar-refractivity contribution in [2.75, 3.05) is 0 Å². The van der Waals surface area contributed by atoms with Gasteiger partial charge in [-0.25, -0.2) is 0 Å². The molecule has 3 aliphatic carbocycles. The molecule has 0 aromatic rings. The molecule has 0 heterocycles. The van der Waals surface area contributed by atoms with E-state index >= 15 is 0 Å². The Labute approximate surface area is 73.6 Å². The molecule has 3 saturated carbocycles. The fraction of sp³-hybridized carbons (Fsp3) is 1.00. The van der Waals surface area contributed by atoms with E-state index < -0.39 is 11.7 Å². The van der Waals surface area contributed by atoms with Crippen LogP contribution >= 0.6 is 0 Å². The lowest BCUT2D eigenvalue weighted by Gasteiger charge is -2.64. The molecule has 1 unspecified atom stereocenters. The van der Waals surface area contributed by atoms with Gasteiger partial charge in [-0.05, 0) is 37.0 Å². The van der Waals surface area contributed by atoms with Gasteiger partial charge in [-0.3, -0.25) is 0 Å². The Balaban J connectivity index is 2.27. The molecule has 12 heavy (non-hydrogen) atoms. The van der Waals surface area contributed by atoms with Crippen molar-refractivity contribution >= 4 is 0 Å². The van der Waals surface area contributed by atoms with Gasteiger partial charge < -0.3 is 10.2 Å². The first-order valence-corrected chi connectivity index (χ1v) is 4.77. The van der Waals surface area contributed by atoms with Gasteiger partial charge in [0.1, 0.15) is 0 Å². The summed E-state index contributed by atoms with van der Waals surface area (Å²) >= 11 is 0. The third-order valence-corrected chi connectivity index (χ3v) is 4.36. The van der Waals surface area contributed by atoms with E-state index in [-0.39, 0.29) is 5.41 Å². The van der Waals surface area contributed by atoms with Crippen LogP contribution in [0.15, 0.2) is 0 Å². The molecule has 0 aliphatic heterocycles. The summed E-state index contributed by atoms with van der Waals surface area (Å²) in [7, 11) is 0. The summed E-state index contributed by atoms with van der Waals surface area (Å²) in [6.07, 6.45) is 1.36. The van der Waals surface area contributed by atoms with E-state index in [1.165, 1.54) is 0 Å². The zero-order valence-corrected chi connectivity index (χ0v) is 8.04. The quantitative estimate of drug-likeness (QED) is 0.573. The second-order valence-corrected chi connectivity index (χ2v) is 5.28. The van der Waals surface area contributed by atoms with Gasteiger partial charge in [-0.2, -0.15) is 0 Å². The number of fused-ring (bicyclic) bond motifs is 2. The molecule has 0 amide bonds. The average molecular weight is 170 g/mol. The molecule has 0 spiro atoms. The number of hydrogen-bond acceptors (Lipinski definition) is 2. The first-order chi connectivity index (χ1) is 5.37. The van der Waals surface area contributed by atoms with Crippen molar-refractivity contribution < 1.29 is 10.2 Å². The van der Waals surface area contributed by atoms with Crippen molar-refractivity contribution in [2.45, 2.75) is 45.3 Å². The first-order valence-electron chi connectivity index (χ1n) is 4.77. The summed E-state index contributed by atoms with van der Waals surface area (Å²) in [4.78, 5) is 0. The van der Waals surface area contributed by atoms with Crippen molar-refractivity contribution in [3.63, 3.8) is 0 Å². The predicted octanol–water partition coefficient (Wildman–Crippen LogP) is 1.16. The number of hydrogen-bond donors (Lipinski definition) is 2. The van der Waals surface area contributed by atoms with Crippen molar-refractivity contribution in [3.05, 3.63) is 0 Å². The average Bonchev–Trinajstić information content (AvgIpc) is 1.93. The molecule has 70 valence electrons. The Morgan fingerprint density at radius 3 is 2.08 bits per heavy atom. The summed E-state index contributed by atoms with van der Waals surface area (Å²) in [6, 6.07) is 0. The first kappa shape index (κ1) is 8.52. The van der Waals surface area contributed by atoms with E-state index in [4.69, 9.17) is 0 Å². The normalized spacial score (nSPS) is 56.2. The molecule has 3 aliphatic rings. The van der Waals surface area contributed by atoms with Crippen LogP contribution in [0.1, 0.15) is 33.6 Å². The van der Waals surface area contributed by atoms with Crippen LogP contribution < -0.4 is 0 Å². The Kier molecular flexibility index (Phi) is 1.45. The van der Waals surface area contributed by atoms with Gasteiger partial charge in [0.05, 0.1) is 11.7 Å². The van der Waals surface area contributed by atoms with E-state index in [9.17, 15) is 10.2 Å². The van der Waals surface area contributed by atoms with Gasteiger partial charge in [0.2, 0.25) is 0 Å². The second-order valence-electron chi connectivity index (χ2n) is 5.28. The summed E-state index contributed by atoms with van der Waals surface area (Å²) < 4.78 is 0. The maximum absolute atomic E-state index is 10.0. The molecule has 2 heteroatoms. The molecular formula is C10H18O2. The topological polar surface area (TPSA) is 40.5 Å². The Bertz CT molecular complexity index is 208. The van der Waals surface area contributed by atoms with E-state index in [2.05, 4.69) is 13.8 Å². The second kappa shape index (κ2) is 2.05. The monoisotopic (exact) mass is 170 g/mol. The van der Waals surface area contributed by atoms with E-state index in [1.807, 2.05) is 0 Å². The lowest BCUT2D eigenvalue weighted by Crippen LogP contribution is -2.66. The molecule has 4 atom stereocenters. The Hall–Kier alpha value is -0.0800. The maximum atomic E-state index is 10.0. The van der Waals surface area contributed by atoms with Crippen LogP contribution in [-0.4, -0.2) is 21.9 Å². The van der Waals surface area contributed by atoms with Crippen molar-refractivity contribution in [3.8, 4) is 0 Å². The third-order valence-electron chi connectivity index (χ3n) is 4.36. The number of aliphatic hydroxyl groups excluding tert-OH is 1. The van der Waals surface area contributed by atoms with Crippen LogP contribution in [0.5, 0.6) is 0 Å². The maximum Gasteiger partial charge on any atom is 0.0910 e. The lowest BCUT2D eigenvalue weighted by atomic mass is 9.43. The number of rotatable bonds is 0. The van der Waals surface area contributed by atoms with Crippen LogP contribution in [0.3, 0.4) is 0 Å². The van der Waals surface area contributed by atoms with Gasteiger partial charge in [0, 0.05) is 0 Å². The minimum atomic E-state index is -0.849. The lowest BCUT2D eigenvalue weighted by molar-refractivity contribution is -0.245. The van der Waals surface area contributed by atoms with Crippen molar-refractivity contribution in [2.24, 2.45) is 17.3 Å². The molecular weight excluding hydrogens is 152 g/mol. The molecule has 0 aromatic heterocycles. The van der Waals surface area contributed by atoms with Gasteiger partial charge in [0.15, 0.2) is 0 Å². The van der Waals surface area contributed by atoms with Gasteiger partial charge >= 0.3 is 0 Å². The van der Waals surface area contributed by atoms with E-state index in [0.717, 1.165) is 12.8 Å². The molecule has 2 bridgehead atoms. The van der Waals surface area contributed by atoms with Gasteiger partial charge in [0.25, 0.3) is 0 Å². The minimum Gasteiger partial charge on any atom is -0.390 e. The van der Waals surface area contributed by atoms with Gasteiger partial charge in [-0.1, -0.05) is 13.8 Å². The van der Waals surface area contributed by atoms with Crippen LogP contribution in [0.2, 0.25) is 0 Å². The van der Waals surface area contributed by atoms with Crippen LogP contribution in [0.4, 0.5) is 0 Å². The van der Waals surface area contributed by atoms with E-state index in [1.54, 1.807) is 6.92 Å². The Morgan fingerprint density at radius 2 is 1.75 bits per heavy atom. The molecule has 2 N–H and O–H groups in total. The van der Waals surface area contributed by atoms with Crippen LogP contribution in [0, 0.1) is 17.3 Å². The molecule has 0 aromatic carbocycles. The molecule has 0 saturated heterocycles. The third kappa shape index (κ3) is 0.775. The molecule has 0 radical (unpaired) electrons. The summed E-state index contributed by atoms with van der Waals surface area (Å²) in [6.45, 7) is 6.18. The minimum absolute atomic E-state index is 0.239. The van der Waals surface area contributed by atoms with E-state index in [0.29, 0.717) is 11.8 Å². The zero-order valence-electron chi connectivity index (χ0n) is 8.04. The van der Waals surface area contributed by atoms with Crippen molar-refractivity contribution in [1.29, 1.82) is 0 Å². The number of aliphatic hydroxyl groups is 2. The van der Waals surface area contributed by atoms with Crippen LogP contribution in [-0.2, 0) is 0 Å².